The van der Waals surface area contributed by atoms with Crippen molar-refractivity contribution in [3.05, 3.63) is 263 Å². The van der Waals surface area contributed by atoms with Gasteiger partial charge in [-0.05, 0) is 250 Å². The van der Waals surface area contributed by atoms with Crippen LogP contribution in [0.3, 0.4) is 0 Å². The van der Waals surface area contributed by atoms with E-state index in [1.807, 2.05) is 0 Å². The molecular weight excluding hydrogens is 1160 g/mol. The number of unbranched alkanes of at least 4 members (excludes halogenated alkanes) is 2. The van der Waals surface area contributed by atoms with Gasteiger partial charge in [0, 0.05) is 50.4 Å². The standard InChI is InChI=1S/C89H92N2O4/c1-5-9-13-63-21-37-73(38-22-63)90(75-41-29-69(30-42-75)67-25-17-65(18-26-67)55-92-57-87(7-3)59-94-60-87)77-45-33-71(34-46-77)79-49-51-83-84-52-50-80(82-16-12-54-89(86(82)84)53-11-15-81(79)85(83)89)72-35-47-78(48-36-72)91(74-39-23-64(24-40-74)14-10-6-2)76-43-31-70(32-44-76)68-27-19-66(20-28-68)56-93-58-88(8-4)61-95-62-88/h17-52H,5-16,53-62H2,1-4H3. The lowest BCUT2D eigenvalue weighted by atomic mass is 9.61. The molecule has 15 rings (SSSR count). The third kappa shape index (κ3) is 12.4. The van der Waals surface area contributed by atoms with Crippen molar-refractivity contribution in [2.24, 2.45) is 10.8 Å². The zero-order chi connectivity index (χ0) is 64.4. The highest BCUT2D eigenvalue weighted by atomic mass is 16.5. The second kappa shape index (κ2) is 27.4. The molecule has 0 radical (unpaired) electrons. The predicted octanol–water partition coefficient (Wildman–Crippen LogP) is 22.8. The Morgan fingerprint density at radius 3 is 0.937 bits per heavy atom. The van der Waals surface area contributed by atoms with Gasteiger partial charge in [-0.1, -0.05) is 186 Å². The smallest absolute Gasteiger partial charge is 0.0717 e. The van der Waals surface area contributed by atoms with E-state index in [4.69, 9.17) is 18.9 Å². The number of hydrogen-bond acceptors (Lipinski definition) is 6. The third-order valence-corrected chi connectivity index (χ3v) is 22.1. The minimum atomic E-state index is 0.0378. The highest BCUT2D eigenvalue weighted by Crippen LogP contribution is 2.62. The van der Waals surface area contributed by atoms with Gasteiger partial charge in [0.2, 0.25) is 0 Å². The average Bonchev–Trinajstić information content (AvgIpc) is 1.53. The molecule has 2 saturated heterocycles. The van der Waals surface area contributed by atoms with E-state index in [2.05, 4.69) is 256 Å². The number of nitrogens with zero attached hydrogens (tertiary/aromatic N) is 2. The molecule has 0 bridgehead atoms. The Balaban J connectivity index is 0.687. The summed E-state index contributed by atoms with van der Waals surface area (Å²) in [5.41, 5.74) is 32.0. The topological polar surface area (TPSA) is 43.4 Å². The first kappa shape index (κ1) is 62.7. The molecule has 6 heteroatoms. The van der Waals surface area contributed by atoms with Crippen molar-refractivity contribution in [2.45, 2.75) is 136 Å². The molecule has 2 aliphatic heterocycles. The minimum absolute atomic E-state index is 0.0378. The first-order chi connectivity index (χ1) is 46.8. The molecule has 1 spiro atoms. The van der Waals surface area contributed by atoms with Crippen LogP contribution < -0.4 is 9.80 Å². The maximum Gasteiger partial charge on any atom is 0.0717 e. The van der Waals surface area contributed by atoms with Crippen LogP contribution in [0.4, 0.5) is 34.1 Å². The molecule has 10 aromatic rings. The molecule has 0 saturated carbocycles. The Kier molecular flexibility index (Phi) is 18.1. The summed E-state index contributed by atoms with van der Waals surface area (Å²) in [6.07, 6.45) is 16.2. The van der Waals surface area contributed by atoms with Crippen LogP contribution >= 0.6 is 0 Å². The van der Waals surface area contributed by atoms with Crippen LogP contribution in [0.1, 0.15) is 136 Å². The Labute approximate surface area is 564 Å². The maximum atomic E-state index is 6.19. The second-order valence-corrected chi connectivity index (χ2v) is 28.3. The summed E-state index contributed by atoms with van der Waals surface area (Å²) in [4.78, 5) is 4.85. The molecular formula is C89H92N2O4. The van der Waals surface area contributed by atoms with Crippen LogP contribution in [0.15, 0.2) is 218 Å². The van der Waals surface area contributed by atoms with Crippen molar-refractivity contribution in [3.63, 3.8) is 0 Å². The van der Waals surface area contributed by atoms with Gasteiger partial charge in [0.1, 0.15) is 0 Å². The van der Waals surface area contributed by atoms with Crippen molar-refractivity contribution in [3.8, 4) is 55.6 Å². The van der Waals surface area contributed by atoms with Gasteiger partial charge in [0.05, 0.1) is 52.9 Å². The third-order valence-electron chi connectivity index (χ3n) is 22.1. The van der Waals surface area contributed by atoms with Crippen molar-refractivity contribution < 1.29 is 18.9 Å². The fourth-order valence-corrected chi connectivity index (χ4v) is 16.2. The van der Waals surface area contributed by atoms with E-state index in [1.165, 1.54) is 129 Å². The van der Waals surface area contributed by atoms with Gasteiger partial charge in [0.25, 0.3) is 0 Å². The van der Waals surface area contributed by atoms with Crippen LogP contribution in [-0.2, 0) is 63.3 Å². The number of rotatable bonds is 26. The van der Waals surface area contributed by atoms with E-state index in [1.54, 1.807) is 22.3 Å². The Morgan fingerprint density at radius 2 is 0.632 bits per heavy atom. The largest absolute Gasteiger partial charge is 0.380 e. The number of aryl methyl sites for hydroxylation is 2. The molecule has 0 aromatic heterocycles. The van der Waals surface area contributed by atoms with Crippen LogP contribution in [0.5, 0.6) is 0 Å². The Morgan fingerprint density at radius 1 is 0.337 bits per heavy atom. The first-order valence-electron chi connectivity index (χ1n) is 35.8. The van der Waals surface area contributed by atoms with Gasteiger partial charge in [-0.3, -0.25) is 0 Å². The van der Waals surface area contributed by atoms with Crippen molar-refractivity contribution in [2.75, 3.05) is 49.4 Å². The molecule has 0 atom stereocenters. The van der Waals surface area contributed by atoms with Gasteiger partial charge in [-0.15, -0.1) is 0 Å². The summed E-state index contributed by atoms with van der Waals surface area (Å²) >= 11 is 0. The van der Waals surface area contributed by atoms with Gasteiger partial charge in [-0.25, -0.2) is 0 Å². The molecule has 2 heterocycles. The molecule has 5 aliphatic rings. The summed E-state index contributed by atoms with van der Waals surface area (Å²) in [5, 5.41) is 0. The summed E-state index contributed by atoms with van der Waals surface area (Å²) in [6, 6.07) is 83.4. The van der Waals surface area contributed by atoms with Crippen LogP contribution in [0, 0.1) is 10.8 Å². The molecule has 0 amide bonds. The number of benzene rings is 10. The average molecular weight is 1250 g/mol. The summed E-state index contributed by atoms with van der Waals surface area (Å²) in [6.45, 7) is 15.0. The number of fused-ring (bicyclic) bond motifs is 1. The molecule has 95 heavy (non-hydrogen) atoms. The number of anilines is 6. The summed E-state index contributed by atoms with van der Waals surface area (Å²) in [5.74, 6) is 0. The van der Waals surface area contributed by atoms with Crippen molar-refractivity contribution >= 4 is 34.1 Å². The lowest BCUT2D eigenvalue weighted by Gasteiger charge is -2.42. The lowest BCUT2D eigenvalue weighted by Crippen LogP contribution is -2.45. The fourth-order valence-electron chi connectivity index (χ4n) is 16.2. The first-order valence-corrected chi connectivity index (χ1v) is 35.8. The molecule has 482 valence electrons. The van der Waals surface area contributed by atoms with E-state index in [0.717, 1.165) is 112 Å². The van der Waals surface area contributed by atoms with Gasteiger partial charge in [0.15, 0.2) is 0 Å². The molecule has 0 N–H and O–H groups in total. The van der Waals surface area contributed by atoms with E-state index in [-0.39, 0.29) is 16.2 Å². The van der Waals surface area contributed by atoms with E-state index < -0.39 is 0 Å². The normalized spacial score (nSPS) is 15.9. The Bertz CT molecular complexity index is 3970. The quantitative estimate of drug-likeness (QED) is 0.0538. The van der Waals surface area contributed by atoms with E-state index >= 15 is 0 Å². The number of hydrogen-bond donors (Lipinski definition) is 0. The SMILES string of the molecule is CCCCc1ccc(N(c2ccc(-c3ccc(COCC4(CC)COC4)cc3)cc2)c2ccc(-c3ccc4c5c3CCCC53CCCc5c(-c6ccc(N(c7ccc(CCCC)cc7)c7ccc(-c8ccc(COCC9(CC)COC9)cc8)cc7)cc6)ccc-4c53)cc2)cc1. The summed E-state index contributed by atoms with van der Waals surface area (Å²) in [7, 11) is 0. The molecule has 6 nitrogen and oxygen atoms in total. The van der Waals surface area contributed by atoms with Gasteiger partial charge >= 0.3 is 0 Å². The van der Waals surface area contributed by atoms with E-state index in [9.17, 15) is 0 Å². The second-order valence-electron chi connectivity index (χ2n) is 28.3. The van der Waals surface area contributed by atoms with Crippen LogP contribution in [0.2, 0.25) is 0 Å². The van der Waals surface area contributed by atoms with Crippen molar-refractivity contribution in [1.29, 1.82) is 0 Å². The zero-order valence-electron chi connectivity index (χ0n) is 56.4. The highest BCUT2D eigenvalue weighted by Gasteiger charge is 2.50. The Hall–Kier alpha value is -8.36. The molecule has 2 fully saturated rings. The fraction of sp³-hybridized carbons (Fsp3) is 0.326. The predicted molar refractivity (Wildman–Crippen MR) is 393 cm³/mol. The van der Waals surface area contributed by atoms with Gasteiger partial charge in [-0.2, -0.15) is 0 Å². The zero-order valence-corrected chi connectivity index (χ0v) is 56.4. The van der Waals surface area contributed by atoms with Crippen LogP contribution in [0.25, 0.3) is 55.6 Å². The monoisotopic (exact) mass is 1250 g/mol. The summed E-state index contributed by atoms with van der Waals surface area (Å²) < 4.78 is 23.4. The molecule has 3 aliphatic carbocycles. The highest BCUT2D eigenvalue weighted by molar-refractivity contribution is 5.92. The molecule has 10 aromatic carbocycles. The lowest BCUT2D eigenvalue weighted by molar-refractivity contribution is -0.152. The van der Waals surface area contributed by atoms with E-state index in [0.29, 0.717) is 13.2 Å². The number of ether oxygens (including phenoxy) is 4. The van der Waals surface area contributed by atoms with Crippen molar-refractivity contribution in [1.82, 2.24) is 0 Å². The molecule has 0 unspecified atom stereocenters. The maximum absolute atomic E-state index is 6.19. The minimum Gasteiger partial charge on any atom is -0.380 e. The van der Waals surface area contributed by atoms with Crippen LogP contribution in [-0.4, -0.2) is 39.6 Å². The van der Waals surface area contributed by atoms with Gasteiger partial charge < -0.3 is 28.7 Å².